The number of terminal acetylenes is 1. The Morgan fingerprint density at radius 1 is 0.714 bits per heavy atom. The molecule has 0 heterocycles. The predicted molar refractivity (Wildman–Crippen MR) is 108 cm³/mol. The third-order valence-corrected chi connectivity index (χ3v) is 1.46. The molecule has 0 heteroatoms. The normalized spacial score (nSPS) is 6.48. The van der Waals surface area contributed by atoms with E-state index in [0.29, 0.717) is 0 Å². The first-order valence-corrected chi connectivity index (χ1v) is 8.99. The van der Waals surface area contributed by atoms with E-state index < -0.39 is 0 Å². The van der Waals surface area contributed by atoms with Crippen molar-refractivity contribution in [1.82, 2.24) is 0 Å². The van der Waals surface area contributed by atoms with Crippen LogP contribution in [-0.2, 0) is 0 Å². The Labute approximate surface area is 139 Å². The first-order valence-electron chi connectivity index (χ1n) is 8.99. The van der Waals surface area contributed by atoms with Crippen molar-refractivity contribution in [3.8, 4) is 12.8 Å². The van der Waals surface area contributed by atoms with E-state index in [0.717, 1.165) is 0 Å². The highest BCUT2D eigenvalue weighted by Crippen LogP contribution is 2.01. The van der Waals surface area contributed by atoms with Crippen molar-refractivity contribution in [3.63, 3.8) is 0 Å². The minimum Gasteiger partial charge on any atom is -0.124 e. The second-order valence-electron chi connectivity index (χ2n) is 4.47. The maximum atomic E-state index is 4.00. The zero-order valence-corrected chi connectivity index (χ0v) is 17.3. The van der Waals surface area contributed by atoms with E-state index in [9.17, 15) is 0 Å². The molecule has 0 unspecified atom stereocenters. The van der Waals surface area contributed by atoms with Gasteiger partial charge in [0.1, 0.15) is 0 Å². The largest absolute Gasteiger partial charge is 0.124 e. The third-order valence-electron chi connectivity index (χ3n) is 1.46. The summed E-state index contributed by atoms with van der Waals surface area (Å²) in [5.41, 5.74) is 1.31. The zero-order chi connectivity index (χ0) is 18.5. The Hall–Kier alpha value is -0.700. The lowest BCUT2D eigenvalue weighted by atomic mass is 10.2. The van der Waals surface area contributed by atoms with Gasteiger partial charge in [0.25, 0.3) is 0 Å². The average molecular weight is 301 g/mol. The van der Waals surface area contributed by atoms with E-state index in [-0.39, 0.29) is 0 Å². The molecule has 0 aromatic carbocycles. The summed E-state index contributed by atoms with van der Waals surface area (Å²) in [5, 5.41) is 0. The van der Waals surface area contributed by atoms with Crippen LogP contribution in [0.2, 0.25) is 0 Å². The van der Waals surface area contributed by atoms with Crippen molar-refractivity contribution in [1.29, 1.82) is 0 Å². The van der Waals surface area contributed by atoms with Gasteiger partial charge >= 0.3 is 0 Å². The molecule has 0 aliphatic rings. The fraction of sp³-hybridized carbons (Fsp3) is 0.810. The van der Waals surface area contributed by atoms with Crippen LogP contribution in [0.25, 0.3) is 0 Å². The van der Waals surface area contributed by atoms with Crippen molar-refractivity contribution in [2.24, 2.45) is 0 Å². The molecule has 21 heavy (non-hydrogen) atoms. The molecule has 0 saturated carbocycles. The summed E-state index contributed by atoms with van der Waals surface area (Å²) in [7, 11) is 0. The molecule has 0 saturated heterocycles. The maximum absolute atomic E-state index is 4.00. The van der Waals surface area contributed by atoms with Crippen molar-refractivity contribution < 1.29 is 0 Å². The van der Waals surface area contributed by atoms with Gasteiger partial charge in [-0.1, -0.05) is 100.0 Å². The third kappa shape index (κ3) is 312. The Bertz CT molecular complexity index is 115. The van der Waals surface area contributed by atoms with Crippen molar-refractivity contribution in [2.45, 2.75) is 114 Å². The zero-order valence-electron chi connectivity index (χ0n) is 17.3. The van der Waals surface area contributed by atoms with Crippen LogP contribution in [0.4, 0.5) is 0 Å². The molecular weight excluding hydrogens is 252 g/mol. The number of hydrogen-bond donors (Lipinski definition) is 0. The molecule has 0 aliphatic heterocycles. The van der Waals surface area contributed by atoms with Gasteiger partial charge in [0.2, 0.25) is 0 Å². The summed E-state index contributed by atoms with van der Waals surface area (Å²) in [4.78, 5) is 0. The van der Waals surface area contributed by atoms with Gasteiger partial charge in [0.15, 0.2) is 0 Å². The molecule has 0 aliphatic carbocycles. The molecule has 132 valence electrons. The quantitative estimate of drug-likeness (QED) is 0.360. The molecule has 0 amide bonds. The van der Waals surface area contributed by atoms with Gasteiger partial charge in [0.05, 0.1) is 0 Å². The van der Waals surface area contributed by atoms with Gasteiger partial charge in [-0.15, -0.1) is 19.4 Å². The highest BCUT2D eigenvalue weighted by atomic mass is 13.9. The van der Waals surface area contributed by atoms with E-state index in [1.807, 2.05) is 13.8 Å². The van der Waals surface area contributed by atoms with E-state index in [2.05, 4.69) is 74.8 Å². The SMILES string of the molecule is C#C.C=C(C)CCCC.CC.CCC.CCC.CCCC. The lowest BCUT2D eigenvalue weighted by Crippen LogP contribution is -1.71. The van der Waals surface area contributed by atoms with E-state index in [1.165, 1.54) is 50.5 Å². The number of rotatable bonds is 4. The standard InChI is InChI=1S/C7H14.C4H10.2C3H8.C2H6.C2H2/c1-4-5-6-7(2)3;1-3-4-2;2*1-3-2;2*1-2/h2,4-6H2,1,3H3;3-4H2,1-2H3;2*3H2,1-2H3;1-2H3;1-2H. The highest BCUT2D eigenvalue weighted by molar-refractivity contribution is 4.86. The first-order chi connectivity index (χ1) is 10.0. The Balaban J connectivity index is -0.0000000350. The Morgan fingerprint density at radius 3 is 1.00 bits per heavy atom. The minimum absolute atomic E-state index is 1.20. The fourth-order valence-electron chi connectivity index (χ4n) is 0.479. The summed E-state index contributed by atoms with van der Waals surface area (Å²) >= 11 is 0. The van der Waals surface area contributed by atoms with E-state index >= 15 is 0 Å². The molecule has 0 atom stereocenters. The van der Waals surface area contributed by atoms with Gasteiger partial charge in [-0.2, -0.15) is 0 Å². The van der Waals surface area contributed by atoms with E-state index in [1.54, 1.807) is 0 Å². The molecule has 0 bridgehead atoms. The topological polar surface area (TPSA) is 0 Å². The van der Waals surface area contributed by atoms with Crippen molar-refractivity contribution in [2.75, 3.05) is 0 Å². The summed E-state index contributed by atoms with van der Waals surface area (Å²) in [6, 6.07) is 0. The minimum atomic E-state index is 1.20. The molecule has 0 rings (SSSR count). The highest BCUT2D eigenvalue weighted by Gasteiger charge is 1.81. The molecule has 0 aromatic rings. The van der Waals surface area contributed by atoms with Crippen LogP contribution in [0.1, 0.15) is 114 Å². The number of allylic oxidation sites excluding steroid dienone is 1. The maximum Gasteiger partial charge on any atom is -0.0326 e. The van der Waals surface area contributed by atoms with Gasteiger partial charge in [-0.25, -0.2) is 0 Å². The fourth-order valence-corrected chi connectivity index (χ4v) is 0.479. The summed E-state index contributed by atoms with van der Waals surface area (Å²) in [6.07, 6.45) is 16.9. The van der Waals surface area contributed by atoms with Gasteiger partial charge in [-0.3, -0.25) is 0 Å². The summed E-state index contributed by atoms with van der Waals surface area (Å²) in [5.74, 6) is 0. The van der Waals surface area contributed by atoms with Crippen LogP contribution in [-0.4, -0.2) is 0 Å². The summed E-state index contributed by atoms with van der Waals surface area (Å²) < 4.78 is 0. The first kappa shape index (κ1) is 37.0. The molecule has 0 fully saturated rings. The lowest BCUT2D eigenvalue weighted by molar-refractivity contribution is 0.789. The average Bonchev–Trinajstić information content (AvgIpc) is 2.51. The molecule has 0 spiro atoms. The second kappa shape index (κ2) is 74.7. The monoisotopic (exact) mass is 300 g/mol. The second-order valence-corrected chi connectivity index (χ2v) is 4.47. The van der Waals surface area contributed by atoms with Gasteiger partial charge in [-0.05, 0) is 19.8 Å². The molecule has 0 N–H and O–H groups in total. The van der Waals surface area contributed by atoms with E-state index in [4.69, 9.17) is 0 Å². The van der Waals surface area contributed by atoms with Crippen LogP contribution in [0.15, 0.2) is 12.2 Å². The van der Waals surface area contributed by atoms with Crippen LogP contribution >= 0.6 is 0 Å². The van der Waals surface area contributed by atoms with Crippen LogP contribution in [0, 0.1) is 12.8 Å². The lowest BCUT2D eigenvalue weighted by Gasteiger charge is -1.91. The molecule has 0 radical (unpaired) electrons. The van der Waals surface area contributed by atoms with Crippen LogP contribution < -0.4 is 0 Å². The van der Waals surface area contributed by atoms with Crippen LogP contribution in [0.5, 0.6) is 0 Å². The Kier molecular flexibility index (Phi) is 132. The Morgan fingerprint density at radius 2 is 0.952 bits per heavy atom. The predicted octanol–water partition coefficient (Wildman–Crippen LogP) is 8.67. The van der Waals surface area contributed by atoms with Gasteiger partial charge in [0, 0.05) is 0 Å². The van der Waals surface area contributed by atoms with Crippen molar-refractivity contribution in [3.05, 3.63) is 12.2 Å². The smallest absolute Gasteiger partial charge is 0.0326 e. The van der Waals surface area contributed by atoms with Crippen LogP contribution in [0.3, 0.4) is 0 Å². The molecule has 0 aromatic heterocycles. The number of unbranched alkanes of at least 4 members (excludes halogenated alkanes) is 2. The molecular formula is C21H48. The van der Waals surface area contributed by atoms with Gasteiger partial charge < -0.3 is 0 Å². The summed E-state index contributed by atoms with van der Waals surface area (Å²) in [6.45, 7) is 24.9. The van der Waals surface area contributed by atoms with Crippen molar-refractivity contribution >= 4 is 0 Å². The molecule has 0 nitrogen and oxygen atoms in total. The number of hydrogen-bond acceptors (Lipinski definition) is 0.